The van der Waals surface area contributed by atoms with E-state index >= 15 is 0 Å². The number of likely N-dealkylation sites (N-methyl/N-ethyl adjacent to an activating group) is 1. The fourth-order valence-electron chi connectivity index (χ4n) is 13.1. The number of esters is 2. The molecule has 598 valence electrons. The second kappa shape index (κ2) is 83.8. The van der Waals surface area contributed by atoms with Gasteiger partial charge < -0.3 is 28.5 Å². The van der Waals surface area contributed by atoms with E-state index in [9.17, 15) is 19.5 Å². The molecule has 2 unspecified atom stereocenters. The lowest BCUT2D eigenvalue weighted by Crippen LogP contribution is -2.40. The number of nitrogens with zero attached hydrogens (tertiary/aromatic N) is 1. The Labute approximate surface area is 639 Å². The number of unbranched alkanes of at least 4 members (excludes halogenated alkanes) is 52. The van der Waals surface area contributed by atoms with Crippen LogP contribution >= 0.6 is 0 Å². The molecule has 0 fully saturated rings. The second-order valence-corrected chi connectivity index (χ2v) is 31.2. The summed E-state index contributed by atoms with van der Waals surface area (Å²) < 4.78 is 23.1. The first-order valence-corrected chi connectivity index (χ1v) is 44.4. The van der Waals surface area contributed by atoms with Gasteiger partial charge >= 0.3 is 17.9 Å². The number of quaternary nitrogens is 1. The number of hydrogen-bond donors (Lipinski definition) is 1. The molecule has 0 saturated heterocycles. The number of carboxylic acid groups (broad SMARTS) is 1. The van der Waals surface area contributed by atoms with Crippen molar-refractivity contribution in [3.63, 3.8) is 0 Å². The summed E-state index contributed by atoms with van der Waals surface area (Å²) in [5, 5.41) is 9.79. The smallest absolute Gasteiger partial charge is 0.361 e. The number of allylic oxidation sites excluding steroid dienone is 16. The second-order valence-electron chi connectivity index (χ2n) is 31.2. The van der Waals surface area contributed by atoms with Crippen LogP contribution < -0.4 is 0 Å². The van der Waals surface area contributed by atoms with Crippen LogP contribution in [0.1, 0.15) is 425 Å². The zero-order valence-electron chi connectivity index (χ0n) is 68.7. The van der Waals surface area contributed by atoms with Crippen LogP contribution in [0.4, 0.5) is 0 Å². The van der Waals surface area contributed by atoms with E-state index in [4.69, 9.17) is 18.9 Å². The molecule has 103 heavy (non-hydrogen) atoms. The van der Waals surface area contributed by atoms with E-state index in [1.807, 2.05) is 21.1 Å². The predicted molar refractivity (Wildman–Crippen MR) is 447 cm³/mol. The summed E-state index contributed by atoms with van der Waals surface area (Å²) in [4.78, 5) is 37.8. The Bertz CT molecular complexity index is 2030. The molecule has 0 bridgehead atoms. The summed E-state index contributed by atoms with van der Waals surface area (Å²) in [6, 6.07) is 0. The minimum Gasteiger partial charge on any atom is -0.477 e. The molecule has 0 aliphatic rings. The summed E-state index contributed by atoms with van der Waals surface area (Å²) in [7, 11) is 6.00. The number of aliphatic carboxylic acids is 1. The Balaban J connectivity index is 3.94. The topological polar surface area (TPSA) is 108 Å². The van der Waals surface area contributed by atoms with Crippen LogP contribution in [0, 0.1) is 0 Å². The first-order chi connectivity index (χ1) is 50.6. The van der Waals surface area contributed by atoms with E-state index in [2.05, 4.69) is 111 Å². The minimum absolute atomic E-state index is 0.180. The van der Waals surface area contributed by atoms with Crippen LogP contribution in [0.3, 0.4) is 0 Å². The fourth-order valence-corrected chi connectivity index (χ4v) is 13.1. The van der Waals surface area contributed by atoms with E-state index in [0.717, 1.165) is 83.5 Å². The minimum atomic E-state index is -1.51. The zero-order chi connectivity index (χ0) is 74.6. The summed E-state index contributed by atoms with van der Waals surface area (Å²) >= 11 is 0. The molecule has 0 aliphatic heterocycles. The molecular weight excluding hydrogens is 1270 g/mol. The van der Waals surface area contributed by atoms with E-state index in [1.54, 1.807) is 0 Å². The van der Waals surface area contributed by atoms with Gasteiger partial charge in [0.2, 0.25) is 0 Å². The van der Waals surface area contributed by atoms with Crippen LogP contribution in [0.25, 0.3) is 0 Å². The van der Waals surface area contributed by atoms with Crippen molar-refractivity contribution < 1.29 is 42.9 Å². The molecular formula is C94H170NO8+. The van der Waals surface area contributed by atoms with Crippen molar-refractivity contribution in [2.75, 3.05) is 47.5 Å². The first kappa shape index (κ1) is 99.2. The molecule has 0 saturated carbocycles. The summed E-state index contributed by atoms with van der Waals surface area (Å²) in [6.45, 7) is 4.82. The van der Waals surface area contributed by atoms with Crippen LogP contribution in [0.2, 0.25) is 0 Å². The summed E-state index contributed by atoms with van der Waals surface area (Å²) in [6.07, 6.45) is 115. The lowest BCUT2D eigenvalue weighted by atomic mass is 10.0. The van der Waals surface area contributed by atoms with Gasteiger partial charge in [-0.25, -0.2) is 4.79 Å². The van der Waals surface area contributed by atoms with Crippen molar-refractivity contribution in [2.24, 2.45) is 0 Å². The maximum absolute atomic E-state index is 13.0. The fraction of sp³-hybridized carbons (Fsp3) is 0.798. The highest BCUT2D eigenvalue weighted by molar-refractivity contribution is 5.71. The van der Waals surface area contributed by atoms with Crippen molar-refractivity contribution in [3.8, 4) is 0 Å². The van der Waals surface area contributed by atoms with Gasteiger partial charge in [0.15, 0.2) is 6.10 Å². The van der Waals surface area contributed by atoms with E-state index in [0.29, 0.717) is 17.4 Å². The third-order valence-corrected chi connectivity index (χ3v) is 19.8. The van der Waals surface area contributed by atoms with Gasteiger partial charge in [0, 0.05) is 12.8 Å². The number of carboxylic acids is 1. The Morgan fingerprint density at radius 3 is 0.835 bits per heavy atom. The Morgan fingerprint density at radius 1 is 0.301 bits per heavy atom. The maximum atomic E-state index is 13.0. The van der Waals surface area contributed by atoms with Gasteiger partial charge in [0.1, 0.15) is 13.2 Å². The Hall–Kier alpha value is -3.79. The van der Waals surface area contributed by atoms with Crippen molar-refractivity contribution in [2.45, 2.75) is 437 Å². The average molecular weight is 1440 g/mol. The highest BCUT2D eigenvalue weighted by Gasteiger charge is 2.25. The number of rotatable bonds is 83. The molecule has 2 atom stereocenters. The lowest BCUT2D eigenvalue weighted by Gasteiger charge is -2.25. The first-order valence-electron chi connectivity index (χ1n) is 44.4. The van der Waals surface area contributed by atoms with Crippen molar-refractivity contribution in [1.29, 1.82) is 0 Å². The van der Waals surface area contributed by atoms with Gasteiger partial charge in [-0.05, 0) is 96.3 Å². The highest BCUT2D eigenvalue weighted by atomic mass is 16.7. The molecule has 0 radical (unpaired) electrons. The molecule has 0 amide bonds. The molecule has 0 rings (SSSR count). The third-order valence-electron chi connectivity index (χ3n) is 19.8. The zero-order valence-corrected chi connectivity index (χ0v) is 68.7. The molecule has 0 heterocycles. The van der Waals surface area contributed by atoms with E-state index in [-0.39, 0.29) is 38.2 Å². The van der Waals surface area contributed by atoms with Crippen molar-refractivity contribution >= 4 is 17.9 Å². The van der Waals surface area contributed by atoms with Gasteiger partial charge in [-0.15, -0.1) is 0 Å². The van der Waals surface area contributed by atoms with Crippen LogP contribution in [-0.4, -0.2) is 87.4 Å². The Kier molecular flexibility index (Phi) is 80.8. The SMILES string of the molecule is CC/C=C\C/C=C\C/C=C\C/C=C\C/C=C\C/C=C\C/C=C\CCCCCCCCCCCCCCCCCC(=O)OC(COC(=O)CCCCCCCCCCCCCCCCCCCCCCCCCCCCCCC/C=C\CCCCCCCCCC)COC(OCC[N+](C)(C)C)C(=O)O. The molecule has 0 aromatic carbocycles. The van der Waals surface area contributed by atoms with Gasteiger partial charge in [0.25, 0.3) is 6.29 Å². The van der Waals surface area contributed by atoms with E-state index in [1.165, 1.54) is 315 Å². The molecule has 9 nitrogen and oxygen atoms in total. The summed E-state index contributed by atoms with van der Waals surface area (Å²) in [5.41, 5.74) is 0. The monoisotopic (exact) mass is 1440 g/mol. The third kappa shape index (κ3) is 85.3. The highest BCUT2D eigenvalue weighted by Crippen LogP contribution is 2.20. The summed E-state index contributed by atoms with van der Waals surface area (Å²) in [5.74, 6) is -1.98. The molecule has 0 aromatic rings. The predicted octanol–water partition coefficient (Wildman–Crippen LogP) is 29.0. The van der Waals surface area contributed by atoms with Gasteiger partial charge in [-0.1, -0.05) is 413 Å². The van der Waals surface area contributed by atoms with Crippen molar-refractivity contribution in [1.82, 2.24) is 0 Å². The molecule has 0 aromatic heterocycles. The standard InChI is InChI=1S/C94H169NO8/c1-6-8-10-12-14-16-18-20-22-24-26-28-30-32-34-36-38-40-42-44-45-46-47-49-50-52-54-56-58-60-62-64-66-68-70-72-74-76-78-80-82-84-91(96)101-88-90(89-102-94(93(98)99)100-87-86-95(3,4)5)103-92(97)85-83-81-79-77-75-73-71-69-67-65-63-61-59-57-55-53-51-48-43-41-39-37-35-33-31-29-27-25-23-21-19-17-15-13-11-9-7-2/h9,11,15,17,21,23-24,26-27,29,33,35,39,41,48,51,90,94H,6-8,10,12-14,16,18-20,22,25,28,30-32,34,36-38,40,42-47,49-50,52-89H2,1-5H3/p+1/b11-9-,17-15-,23-21-,26-24-,29-27-,35-33-,41-39-,51-48-. The normalized spacial score (nSPS) is 13.1. The average Bonchev–Trinajstić information content (AvgIpc) is 1.16. The largest absolute Gasteiger partial charge is 0.477 e. The van der Waals surface area contributed by atoms with Gasteiger partial charge in [0.05, 0.1) is 34.4 Å². The molecule has 9 heteroatoms. The molecule has 1 N–H and O–H groups in total. The number of hydrogen-bond acceptors (Lipinski definition) is 7. The number of carbonyl (C=O) groups is 3. The van der Waals surface area contributed by atoms with E-state index < -0.39 is 18.4 Å². The quantitative estimate of drug-likeness (QED) is 0.0211. The van der Waals surface area contributed by atoms with Gasteiger partial charge in [-0.2, -0.15) is 0 Å². The maximum Gasteiger partial charge on any atom is 0.361 e. The van der Waals surface area contributed by atoms with Gasteiger partial charge in [-0.3, -0.25) is 9.59 Å². The lowest BCUT2D eigenvalue weighted by molar-refractivity contribution is -0.870. The molecule has 0 aliphatic carbocycles. The Morgan fingerprint density at radius 2 is 0.553 bits per heavy atom. The number of ether oxygens (including phenoxy) is 4. The number of carbonyl (C=O) groups excluding carboxylic acids is 2. The molecule has 0 spiro atoms. The van der Waals surface area contributed by atoms with Crippen molar-refractivity contribution in [3.05, 3.63) is 97.2 Å². The van der Waals surface area contributed by atoms with Crippen LogP contribution in [-0.2, 0) is 33.3 Å². The van der Waals surface area contributed by atoms with Crippen LogP contribution in [0.5, 0.6) is 0 Å². The van der Waals surface area contributed by atoms with Crippen LogP contribution in [0.15, 0.2) is 97.2 Å².